The largest absolute Gasteiger partial charge is 0.507 e. The fourth-order valence-corrected chi connectivity index (χ4v) is 4.13. The number of hydrogen-bond donors (Lipinski definition) is 2. The van der Waals surface area contributed by atoms with Crippen LogP contribution in [0.15, 0.2) is 72.4 Å². The number of aryl methyl sites for hydroxylation is 1. The minimum Gasteiger partial charge on any atom is -0.507 e. The lowest BCUT2D eigenvalue weighted by Crippen LogP contribution is -2.30. The van der Waals surface area contributed by atoms with Gasteiger partial charge in [-0.05, 0) is 67.4 Å². The van der Waals surface area contributed by atoms with E-state index in [1.165, 1.54) is 11.0 Å². The first-order valence-corrected chi connectivity index (χ1v) is 11.7. The Bertz CT molecular complexity index is 1250. The minimum atomic E-state index is -1.01. The lowest BCUT2D eigenvalue weighted by molar-refractivity contribution is -0.132. The summed E-state index contributed by atoms with van der Waals surface area (Å²) in [5.74, 6) is -1.50. The summed E-state index contributed by atoms with van der Waals surface area (Å²) in [6.45, 7) is 4.55. The van der Waals surface area contributed by atoms with Crippen molar-refractivity contribution in [3.05, 3.63) is 89.3 Å². The van der Waals surface area contributed by atoms with E-state index < -0.39 is 17.7 Å². The van der Waals surface area contributed by atoms with Gasteiger partial charge in [0.2, 0.25) is 0 Å². The molecule has 180 valence electrons. The molecule has 1 atom stereocenters. The minimum absolute atomic E-state index is 0.0915. The number of ether oxygens (including phenoxy) is 1. The smallest absolute Gasteiger partial charge is 0.300 e. The molecule has 1 aliphatic rings. The van der Waals surface area contributed by atoms with Gasteiger partial charge in [0.05, 0.1) is 23.6 Å². The topological polar surface area (TPSA) is 100.0 Å². The molecule has 2 aromatic carbocycles. The Kier molecular flexibility index (Phi) is 7.15. The second-order valence-electron chi connectivity index (χ2n) is 8.50. The fraction of sp³-hybridized carbons (Fsp3) is 0.250. The molecule has 1 amide bonds. The average Bonchev–Trinajstić information content (AvgIpc) is 3.14. The van der Waals surface area contributed by atoms with Crippen LogP contribution in [0.5, 0.6) is 11.5 Å². The molecule has 0 saturated carbocycles. The number of phenols is 1. The van der Waals surface area contributed by atoms with Crippen LogP contribution in [0.4, 0.5) is 5.69 Å². The Balaban J connectivity index is 1.77. The van der Waals surface area contributed by atoms with E-state index >= 15 is 0 Å². The summed E-state index contributed by atoms with van der Waals surface area (Å²) >= 11 is 0. The number of unbranched alkanes of at least 4 members (excludes halogenated alkanes) is 2. The molecule has 7 nitrogen and oxygen atoms in total. The maximum atomic E-state index is 13.2. The summed E-state index contributed by atoms with van der Waals surface area (Å²) < 4.78 is 5.73. The first kappa shape index (κ1) is 24.0. The van der Waals surface area contributed by atoms with E-state index in [2.05, 4.69) is 11.9 Å². The molecule has 1 unspecified atom stereocenters. The molecule has 3 aromatic rings. The molecule has 0 aliphatic carbocycles. The van der Waals surface area contributed by atoms with Gasteiger partial charge in [-0.15, -0.1) is 0 Å². The third kappa shape index (κ3) is 4.89. The predicted octanol–water partition coefficient (Wildman–Crippen LogP) is 5.29. The number of Topliss-reactive ketones (excluding diaryl/α,β-unsaturated/α-hetero) is 1. The molecular weight excluding hydrogens is 444 g/mol. The number of phenolic OH excluding ortho intramolecular Hbond substituents is 1. The van der Waals surface area contributed by atoms with Crippen molar-refractivity contribution in [3.63, 3.8) is 0 Å². The Hall–Kier alpha value is -4.13. The van der Waals surface area contributed by atoms with E-state index in [9.17, 15) is 19.8 Å². The van der Waals surface area contributed by atoms with Gasteiger partial charge in [0.15, 0.2) is 0 Å². The number of aliphatic hydroxyl groups excluding tert-OH is 1. The van der Waals surface area contributed by atoms with Crippen LogP contribution in [-0.2, 0) is 9.59 Å². The number of nitrogens with zero attached hydrogens (tertiary/aromatic N) is 2. The monoisotopic (exact) mass is 472 g/mol. The van der Waals surface area contributed by atoms with Gasteiger partial charge in [-0.2, -0.15) is 0 Å². The van der Waals surface area contributed by atoms with E-state index in [0.29, 0.717) is 23.6 Å². The number of anilines is 1. The quantitative estimate of drug-likeness (QED) is 0.200. The van der Waals surface area contributed by atoms with Crippen molar-refractivity contribution in [2.24, 2.45) is 0 Å². The van der Waals surface area contributed by atoms with E-state index in [1.807, 2.05) is 6.92 Å². The molecule has 35 heavy (non-hydrogen) atoms. The lowest BCUT2D eigenvalue weighted by atomic mass is 9.98. The number of aromatic nitrogens is 1. The molecule has 0 radical (unpaired) electrons. The highest BCUT2D eigenvalue weighted by atomic mass is 16.5. The van der Waals surface area contributed by atoms with Crippen molar-refractivity contribution in [1.29, 1.82) is 0 Å². The van der Waals surface area contributed by atoms with Crippen LogP contribution in [0, 0.1) is 6.92 Å². The van der Waals surface area contributed by atoms with Gasteiger partial charge in [0.1, 0.15) is 23.3 Å². The van der Waals surface area contributed by atoms with Crippen LogP contribution in [-0.4, -0.2) is 33.5 Å². The lowest BCUT2D eigenvalue weighted by Gasteiger charge is -2.25. The molecular formula is C28H28N2O5. The van der Waals surface area contributed by atoms with Gasteiger partial charge in [-0.3, -0.25) is 19.5 Å². The maximum absolute atomic E-state index is 13.2. The molecule has 2 heterocycles. The zero-order chi connectivity index (χ0) is 24.9. The summed E-state index contributed by atoms with van der Waals surface area (Å²) in [5.41, 5.74) is 1.65. The van der Waals surface area contributed by atoms with Gasteiger partial charge in [-0.1, -0.05) is 31.9 Å². The maximum Gasteiger partial charge on any atom is 0.300 e. The molecule has 1 saturated heterocycles. The Morgan fingerprint density at radius 2 is 1.83 bits per heavy atom. The predicted molar refractivity (Wildman–Crippen MR) is 133 cm³/mol. The highest BCUT2D eigenvalue weighted by molar-refractivity contribution is 6.51. The van der Waals surface area contributed by atoms with Crippen LogP contribution in [0.3, 0.4) is 0 Å². The number of benzene rings is 2. The first-order chi connectivity index (χ1) is 16.9. The standard InChI is InChI=1S/C28H28N2O5/c1-3-4-7-16-35-20-12-10-19(11-13-20)26(32)24-25(21-8-5-6-15-29-21)30(28(34)27(24)33)22-17-18(2)9-14-23(22)31/h5-6,8-15,17,25,31-32H,3-4,7,16H2,1-2H3/b26-24+. The van der Waals surface area contributed by atoms with Crippen molar-refractivity contribution in [2.45, 2.75) is 39.2 Å². The summed E-state index contributed by atoms with van der Waals surface area (Å²) in [6, 6.07) is 15.7. The van der Waals surface area contributed by atoms with Crippen LogP contribution in [0.2, 0.25) is 0 Å². The number of hydrogen-bond acceptors (Lipinski definition) is 6. The molecule has 2 N–H and O–H groups in total. The fourth-order valence-electron chi connectivity index (χ4n) is 4.13. The number of aromatic hydroxyl groups is 1. The molecule has 4 rings (SSSR count). The van der Waals surface area contributed by atoms with Crippen molar-refractivity contribution in [1.82, 2.24) is 4.98 Å². The average molecular weight is 473 g/mol. The zero-order valence-corrected chi connectivity index (χ0v) is 19.8. The van der Waals surface area contributed by atoms with Gasteiger partial charge in [0, 0.05) is 11.8 Å². The van der Waals surface area contributed by atoms with Crippen LogP contribution >= 0.6 is 0 Å². The van der Waals surface area contributed by atoms with Gasteiger partial charge in [0.25, 0.3) is 11.7 Å². The first-order valence-electron chi connectivity index (χ1n) is 11.7. The van der Waals surface area contributed by atoms with Crippen molar-refractivity contribution in [2.75, 3.05) is 11.5 Å². The zero-order valence-electron chi connectivity index (χ0n) is 19.8. The number of aliphatic hydroxyl groups is 1. The summed E-state index contributed by atoms with van der Waals surface area (Å²) in [5, 5.41) is 21.7. The second kappa shape index (κ2) is 10.4. The van der Waals surface area contributed by atoms with Crippen molar-refractivity contribution < 1.29 is 24.5 Å². The van der Waals surface area contributed by atoms with Crippen LogP contribution in [0.25, 0.3) is 5.76 Å². The van der Waals surface area contributed by atoms with Crippen LogP contribution < -0.4 is 9.64 Å². The third-order valence-electron chi connectivity index (χ3n) is 5.95. The summed E-state index contributed by atoms with van der Waals surface area (Å²) in [4.78, 5) is 32.0. The van der Waals surface area contributed by atoms with Crippen LogP contribution in [0.1, 0.15) is 49.0 Å². The molecule has 7 heteroatoms. The SMILES string of the molecule is CCCCCOc1ccc(/C(O)=C2\C(=O)C(=O)N(c3cc(C)ccc3O)C2c2ccccn2)cc1. The third-order valence-corrected chi connectivity index (χ3v) is 5.95. The number of amides is 1. The highest BCUT2D eigenvalue weighted by Crippen LogP contribution is 2.44. The Morgan fingerprint density at radius 1 is 1.06 bits per heavy atom. The highest BCUT2D eigenvalue weighted by Gasteiger charge is 2.48. The van der Waals surface area contributed by atoms with Gasteiger partial charge >= 0.3 is 0 Å². The van der Waals surface area contributed by atoms with E-state index in [0.717, 1.165) is 24.8 Å². The van der Waals surface area contributed by atoms with Gasteiger partial charge < -0.3 is 14.9 Å². The second-order valence-corrected chi connectivity index (χ2v) is 8.50. The molecule has 0 bridgehead atoms. The normalized spacial score (nSPS) is 17.1. The molecule has 1 aliphatic heterocycles. The van der Waals surface area contributed by atoms with Crippen molar-refractivity contribution in [3.8, 4) is 11.5 Å². The molecule has 0 spiro atoms. The Labute approximate surface area is 204 Å². The summed E-state index contributed by atoms with van der Waals surface area (Å²) in [6.07, 6.45) is 4.70. The number of pyridine rings is 1. The van der Waals surface area contributed by atoms with E-state index in [1.54, 1.807) is 60.8 Å². The van der Waals surface area contributed by atoms with E-state index in [4.69, 9.17) is 4.74 Å². The van der Waals surface area contributed by atoms with E-state index in [-0.39, 0.29) is 22.8 Å². The summed E-state index contributed by atoms with van der Waals surface area (Å²) in [7, 11) is 0. The van der Waals surface area contributed by atoms with Gasteiger partial charge in [-0.25, -0.2) is 0 Å². The number of carbonyl (C=O) groups excluding carboxylic acids is 2. The number of carbonyl (C=O) groups is 2. The Morgan fingerprint density at radius 3 is 2.51 bits per heavy atom. The van der Waals surface area contributed by atoms with Crippen molar-refractivity contribution >= 4 is 23.1 Å². The molecule has 1 fully saturated rings. The number of ketones is 1. The number of rotatable bonds is 8. The molecule has 1 aromatic heterocycles.